The number of hydrogen-bond donors (Lipinski definition) is 3. The number of halogens is 1. The monoisotopic (exact) mass is 332 g/mol. The van der Waals surface area contributed by atoms with Gasteiger partial charge in [0.2, 0.25) is 0 Å². The highest BCUT2D eigenvalue weighted by atomic mass is 35.5. The summed E-state index contributed by atoms with van der Waals surface area (Å²) in [5.41, 5.74) is 3.46. The molecule has 0 saturated heterocycles. The van der Waals surface area contributed by atoms with Crippen LogP contribution in [0.5, 0.6) is 0 Å². The number of benzene rings is 2. The molecule has 5 heteroatoms. The zero-order chi connectivity index (χ0) is 16.7. The van der Waals surface area contributed by atoms with Crippen LogP contribution in [0.4, 0.5) is 5.69 Å². The molecule has 0 fully saturated rings. The molecule has 0 aromatic heterocycles. The van der Waals surface area contributed by atoms with Crippen LogP contribution in [0.25, 0.3) is 0 Å². The number of aliphatic hydroxyl groups excluding tert-OH is 1. The van der Waals surface area contributed by atoms with Gasteiger partial charge < -0.3 is 15.7 Å². The molecule has 4 nitrogen and oxygen atoms in total. The van der Waals surface area contributed by atoms with Gasteiger partial charge in [-0.1, -0.05) is 42.0 Å². The Morgan fingerprint density at radius 1 is 1.17 bits per heavy atom. The molecule has 2 aromatic carbocycles. The van der Waals surface area contributed by atoms with Crippen molar-refractivity contribution in [1.82, 2.24) is 5.32 Å². The number of aliphatic hydroxyl groups is 1. The second kappa shape index (κ2) is 8.56. The molecule has 0 bridgehead atoms. The van der Waals surface area contributed by atoms with Crippen molar-refractivity contribution in [2.75, 3.05) is 17.7 Å². The summed E-state index contributed by atoms with van der Waals surface area (Å²) >= 11 is 5.58. The Kier molecular flexibility index (Phi) is 6.44. The first-order valence-electron chi connectivity index (χ1n) is 7.51. The average molecular weight is 333 g/mol. The van der Waals surface area contributed by atoms with Crippen molar-refractivity contribution >= 4 is 23.2 Å². The first kappa shape index (κ1) is 17.3. The molecule has 1 amide bonds. The number of carbonyl (C=O) groups excluding carboxylic acids is 1. The molecule has 2 rings (SSSR count). The van der Waals surface area contributed by atoms with Gasteiger partial charge in [-0.05, 0) is 24.6 Å². The lowest BCUT2D eigenvalue weighted by molar-refractivity contribution is 0.0951. The summed E-state index contributed by atoms with van der Waals surface area (Å²) in [7, 11) is 0. The predicted molar refractivity (Wildman–Crippen MR) is 94.0 cm³/mol. The number of aryl methyl sites for hydroxylation is 1. The lowest BCUT2D eigenvalue weighted by Crippen LogP contribution is -2.26. The molecular formula is C18H21ClN2O2. The molecule has 0 heterocycles. The van der Waals surface area contributed by atoms with Crippen LogP contribution in [0, 0.1) is 6.92 Å². The van der Waals surface area contributed by atoms with Gasteiger partial charge in [0.1, 0.15) is 0 Å². The molecule has 23 heavy (non-hydrogen) atoms. The van der Waals surface area contributed by atoms with Crippen LogP contribution in [0.3, 0.4) is 0 Å². The molecule has 1 atom stereocenters. The van der Waals surface area contributed by atoms with Crippen molar-refractivity contribution in [3.63, 3.8) is 0 Å². The van der Waals surface area contributed by atoms with Gasteiger partial charge in [-0.3, -0.25) is 4.79 Å². The summed E-state index contributed by atoms with van der Waals surface area (Å²) in [6, 6.07) is 15.2. The van der Waals surface area contributed by atoms with E-state index in [0.717, 1.165) is 5.56 Å². The number of rotatable bonds is 7. The summed E-state index contributed by atoms with van der Waals surface area (Å²) in [4.78, 5) is 12.4. The van der Waals surface area contributed by atoms with Crippen molar-refractivity contribution in [1.29, 1.82) is 0 Å². The zero-order valence-electron chi connectivity index (χ0n) is 13.1. The summed E-state index contributed by atoms with van der Waals surface area (Å²) in [6.07, 6.45) is -0.652. The first-order chi connectivity index (χ1) is 11.1. The fourth-order valence-electron chi connectivity index (χ4n) is 2.10. The lowest BCUT2D eigenvalue weighted by Gasteiger charge is -2.14. The van der Waals surface area contributed by atoms with Gasteiger partial charge in [-0.2, -0.15) is 0 Å². The maximum atomic E-state index is 12.4. The second-order valence-electron chi connectivity index (χ2n) is 5.40. The number of alkyl halides is 1. The standard InChI is InChI=1S/C18H21ClN2O2/c1-13-6-8-14(9-7-13)11-21-18(23)16-4-2-3-5-17(16)20-12-15(22)10-19/h2-9,15,20,22H,10-12H2,1H3,(H,21,23). The fourth-order valence-corrected chi connectivity index (χ4v) is 2.21. The van der Waals surface area contributed by atoms with Gasteiger partial charge in [0.05, 0.1) is 17.5 Å². The number of anilines is 1. The maximum Gasteiger partial charge on any atom is 0.253 e. The highest BCUT2D eigenvalue weighted by Crippen LogP contribution is 2.15. The maximum absolute atomic E-state index is 12.4. The van der Waals surface area contributed by atoms with Crippen LogP contribution in [-0.4, -0.2) is 29.5 Å². The lowest BCUT2D eigenvalue weighted by atomic mass is 10.1. The van der Waals surface area contributed by atoms with E-state index >= 15 is 0 Å². The van der Waals surface area contributed by atoms with Gasteiger partial charge in [0.25, 0.3) is 5.91 Å². The Bertz CT molecular complexity index is 644. The quantitative estimate of drug-likeness (QED) is 0.683. The zero-order valence-corrected chi connectivity index (χ0v) is 13.8. The van der Waals surface area contributed by atoms with E-state index in [1.54, 1.807) is 6.07 Å². The number of nitrogens with one attached hydrogen (secondary N) is 2. The SMILES string of the molecule is Cc1ccc(CNC(=O)c2ccccc2NCC(O)CCl)cc1. The minimum absolute atomic E-state index is 0.148. The molecule has 1 unspecified atom stereocenters. The summed E-state index contributed by atoms with van der Waals surface area (Å²) in [6.45, 7) is 2.79. The number of para-hydroxylation sites is 1. The Morgan fingerprint density at radius 3 is 2.57 bits per heavy atom. The molecule has 3 N–H and O–H groups in total. The molecule has 0 aliphatic heterocycles. The van der Waals surface area contributed by atoms with E-state index in [1.165, 1.54) is 5.56 Å². The van der Waals surface area contributed by atoms with Crippen LogP contribution >= 0.6 is 11.6 Å². The van der Waals surface area contributed by atoms with Crippen molar-refractivity contribution in [3.8, 4) is 0 Å². The van der Waals surface area contributed by atoms with Crippen molar-refractivity contribution in [2.24, 2.45) is 0 Å². The van der Waals surface area contributed by atoms with E-state index < -0.39 is 6.10 Å². The van der Waals surface area contributed by atoms with E-state index in [-0.39, 0.29) is 11.8 Å². The highest BCUT2D eigenvalue weighted by molar-refractivity contribution is 6.18. The summed E-state index contributed by atoms with van der Waals surface area (Å²) < 4.78 is 0. The van der Waals surface area contributed by atoms with Crippen molar-refractivity contribution < 1.29 is 9.90 Å². The van der Waals surface area contributed by atoms with E-state index in [0.29, 0.717) is 24.3 Å². The van der Waals surface area contributed by atoms with Gasteiger partial charge in [-0.15, -0.1) is 11.6 Å². The van der Waals surface area contributed by atoms with E-state index in [1.807, 2.05) is 49.4 Å². The Morgan fingerprint density at radius 2 is 1.87 bits per heavy atom. The first-order valence-corrected chi connectivity index (χ1v) is 8.04. The molecule has 0 spiro atoms. The topological polar surface area (TPSA) is 61.4 Å². The van der Waals surface area contributed by atoms with Crippen molar-refractivity contribution in [3.05, 3.63) is 65.2 Å². The molecule has 0 saturated carbocycles. The van der Waals surface area contributed by atoms with Gasteiger partial charge in [0, 0.05) is 18.8 Å². The largest absolute Gasteiger partial charge is 0.390 e. The Hall–Kier alpha value is -2.04. The van der Waals surface area contributed by atoms with E-state index in [2.05, 4.69) is 10.6 Å². The Labute approximate surface area is 141 Å². The van der Waals surface area contributed by atoms with Crippen LogP contribution in [0.1, 0.15) is 21.5 Å². The van der Waals surface area contributed by atoms with Crippen LogP contribution in [-0.2, 0) is 6.54 Å². The van der Waals surface area contributed by atoms with Gasteiger partial charge in [0.15, 0.2) is 0 Å². The third-order valence-corrected chi connectivity index (χ3v) is 3.81. The fraction of sp³-hybridized carbons (Fsp3) is 0.278. The summed E-state index contributed by atoms with van der Waals surface area (Å²) in [5, 5.41) is 15.5. The van der Waals surface area contributed by atoms with Crippen LogP contribution in [0.15, 0.2) is 48.5 Å². The normalized spacial score (nSPS) is 11.8. The number of amides is 1. The van der Waals surface area contributed by atoms with Gasteiger partial charge >= 0.3 is 0 Å². The smallest absolute Gasteiger partial charge is 0.253 e. The molecule has 0 radical (unpaired) electrons. The molecular weight excluding hydrogens is 312 g/mol. The highest BCUT2D eigenvalue weighted by Gasteiger charge is 2.11. The third kappa shape index (κ3) is 5.27. The minimum Gasteiger partial charge on any atom is -0.390 e. The van der Waals surface area contributed by atoms with Gasteiger partial charge in [-0.25, -0.2) is 0 Å². The Balaban J connectivity index is 1.99. The van der Waals surface area contributed by atoms with Crippen LogP contribution in [0.2, 0.25) is 0 Å². The molecule has 0 aliphatic rings. The predicted octanol–water partition coefficient (Wildman–Crippen LogP) is 2.94. The van der Waals surface area contributed by atoms with Crippen LogP contribution < -0.4 is 10.6 Å². The third-order valence-electron chi connectivity index (χ3n) is 3.45. The molecule has 0 aliphatic carbocycles. The number of hydrogen-bond acceptors (Lipinski definition) is 3. The summed E-state index contributed by atoms with van der Waals surface area (Å²) in [5.74, 6) is -0.0107. The molecule has 2 aromatic rings. The molecule has 122 valence electrons. The second-order valence-corrected chi connectivity index (χ2v) is 5.71. The average Bonchev–Trinajstić information content (AvgIpc) is 2.59. The van der Waals surface area contributed by atoms with E-state index in [4.69, 9.17) is 11.6 Å². The minimum atomic E-state index is -0.652. The van der Waals surface area contributed by atoms with Crippen molar-refractivity contribution in [2.45, 2.75) is 19.6 Å². The number of carbonyl (C=O) groups is 1. The van der Waals surface area contributed by atoms with E-state index in [9.17, 15) is 9.90 Å².